The van der Waals surface area contributed by atoms with Gasteiger partial charge < -0.3 is 0 Å². The normalized spacial score (nSPS) is 11.6. The zero-order chi connectivity index (χ0) is 17.8. The van der Waals surface area contributed by atoms with Crippen LogP contribution in [0.5, 0.6) is 0 Å². The standard InChI is InChI=1S/C21H14ClN3O/c1-13-10-11-18-16(12-13)21(26)25-20(23-18)15-8-5-9-17(22)19(15)24(25)14-6-3-2-4-7-14/h2-12H,1H3. The largest absolute Gasteiger partial charge is 0.281 e. The van der Waals surface area contributed by atoms with Gasteiger partial charge in [0.1, 0.15) is 0 Å². The summed E-state index contributed by atoms with van der Waals surface area (Å²) >= 11 is 6.53. The Morgan fingerprint density at radius 2 is 1.73 bits per heavy atom. The summed E-state index contributed by atoms with van der Waals surface area (Å²) in [6.07, 6.45) is 0. The molecule has 0 aliphatic carbocycles. The quantitative estimate of drug-likeness (QED) is 0.433. The van der Waals surface area contributed by atoms with Crippen LogP contribution in [-0.2, 0) is 0 Å². The Morgan fingerprint density at radius 1 is 0.923 bits per heavy atom. The van der Waals surface area contributed by atoms with E-state index in [9.17, 15) is 4.79 Å². The van der Waals surface area contributed by atoms with E-state index in [4.69, 9.17) is 16.6 Å². The predicted molar refractivity (Wildman–Crippen MR) is 106 cm³/mol. The smallest absolute Gasteiger partial charge is 0.267 e. The molecule has 0 saturated heterocycles. The van der Waals surface area contributed by atoms with E-state index >= 15 is 0 Å². The molecule has 0 amide bonds. The van der Waals surface area contributed by atoms with Gasteiger partial charge in [0, 0.05) is 5.39 Å². The highest BCUT2D eigenvalue weighted by Crippen LogP contribution is 2.30. The number of nitrogens with zero attached hydrogens (tertiary/aromatic N) is 3. The summed E-state index contributed by atoms with van der Waals surface area (Å²) in [7, 11) is 0. The van der Waals surface area contributed by atoms with E-state index in [0.29, 0.717) is 21.6 Å². The molecule has 3 aromatic carbocycles. The Kier molecular flexibility index (Phi) is 3.18. The number of hydrogen-bond acceptors (Lipinski definition) is 2. The predicted octanol–water partition coefficient (Wildman–Crippen LogP) is 4.75. The van der Waals surface area contributed by atoms with Gasteiger partial charge in [0.15, 0.2) is 5.65 Å². The summed E-state index contributed by atoms with van der Waals surface area (Å²) in [6, 6.07) is 21.1. The molecule has 0 fully saturated rings. The van der Waals surface area contributed by atoms with Crippen LogP contribution in [0.1, 0.15) is 5.56 Å². The number of aromatic nitrogens is 3. The molecular formula is C21H14ClN3O. The molecule has 0 atom stereocenters. The molecular weight excluding hydrogens is 346 g/mol. The van der Waals surface area contributed by atoms with Crippen molar-refractivity contribution in [1.29, 1.82) is 0 Å². The fourth-order valence-electron chi connectivity index (χ4n) is 3.48. The highest BCUT2D eigenvalue weighted by molar-refractivity contribution is 6.35. The molecule has 0 bridgehead atoms. The van der Waals surface area contributed by atoms with Crippen LogP contribution in [0.25, 0.3) is 33.1 Å². The van der Waals surface area contributed by atoms with Crippen LogP contribution >= 0.6 is 11.6 Å². The SMILES string of the molecule is Cc1ccc2nc3c4cccc(Cl)c4n(-c4ccccc4)n3c(=O)c2c1. The van der Waals surface area contributed by atoms with Crippen LogP contribution in [0.3, 0.4) is 0 Å². The van der Waals surface area contributed by atoms with Crippen molar-refractivity contribution in [2.24, 2.45) is 0 Å². The topological polar surface area (TPSA) is 39.3 Å². The van der Waals surface area contributed by atoms with E-state index in [1.54, 1.807) is 4.52 Å². The number of hydrogen-bond donors (Lipinski definition) is 0. The fraction of sp³-hybridized carbons (Fsp3) is 0.0476. The molecule has 0 aliphatic heterocycles. The Labute approximate surface area is 153 Å². The molecule has 0 N–H and O–H groups in total. The minimum Gasteiger partial charge on any atom is -0.267 e. The van der Waals surface area contributed by atoms with E-state index < -0.39 is 0 Å². The van der Waals surface area contributed by atoms with E-state index in [1.807, 2.05) is 78.3 Å². The molecule has 0 saturated carbocycles. The van der Waals surface area contributed by atoms with Gasteiger partial charge in [-0.3, -0.25) is 4.79 Å². The van der Waals surface area contributed by atoms with Crippen molar-refractivity contribution < 1.29 is 0 Å². The zero-order valence-electron chi connectivity index (χ0n) is 14.0. The van der Waals surface area contributed by atoms with Crippen molar-refractivity contribution in [1.82, 2.24) is 14.2 Å². The van der Waals surface area contributed by atoms with Gasteiger partial charge in [-0.05, 0) is 43.3 Å². The lowest BCUT2D eigenvalue weighted by Gasteiger charge is -2.09. The molecule has 5 aromatic rings. The number of benzene rings is 3. The summed E-state index contributed by atoms with van der Waals surface area (Å²) in [6.45, 7) is 1.97. The lowest BCUT2D eigenvalue weighted by Crippen LogP contribution is -2.21. The third-order valence-electron chi connectivity index (χ3n) is 4.64. The number of para-hydroxylation sites is 2. The third kappa shape index (κ3) is 2.02. The fourth-order valence-corrected chi connectivity index (χ4v) is 3.73. The van der Waals surface area contributed by atoms with E-state index in [1.165, 1.54) is 0 Å². The number of rotatable bonds is 1. The molecule has 0 unspecified atom stereocenters. The average Bonchev–Trinajstić information content (AvgIpc) is 2.99. The maximum Gasteiger partial charge on any atom is 0.281 e. The lowest BCUT2D eigenvalue weighted by molar-refractivity contribution is 0.794. The molecule has 4 nitrogen and oxygen atoms in total. The molecule has 5 heteroatoms. The first-order valence-corrected chi connectivity index (χ1v) is 8.71. The molecule has 126 valence electrons. The van der Waals surface area contributed by atoms with Gasteiger partial charge in [0.05, 0.1) is 27.1 Å². The molecule has 2 heterocycles. The highest BCUT2D eigenvalue weighted by Gasteiger charge is 2.18. The number of fused-ring (bicyclic) bond motifs is 4. The van der Waals surface area contributed by atoms with Gasteiger partial charge in [0.2, 0.25) is 0 Å². The zero-order valence-corrected chi connectivity index (χ0v) is 14.7. The molecule has 0 aliphatic rings. The minimum absolute atomic E-state index is 0.107. The van der Waals surface area contributed by atoms with Crippen LogP contribution in [0.2, 0.25) is 5.02 Å². The number of aryl methyl sites for hydroxylation is 1. The van der Waals surface area contributed by atoms with Crippen LogP contribution in [0.15, 0.2) is 71.5 Å². The Bertz CT molecular complexity index is 1370. The van der Waals surface area contributed by atoms with Crippen molar-refractivity contribution in [3.63, 3.8) is 0 Å². The van der Waals surface area contributed by atoms with E-state index in [-0.39, 0.29) is 5.56 Å². The summed E-state index contributed by atoms with van der Waals surface area (Å²) < 4.78 is 3.47. The van der Waals surface area contributed by atoms with Gasteiger partial charge in [-0.25, -0.2) is 9.67 Å². The maximum absolute atomic E-state index is 13.4. The van der Waals surface area contributed by atoms with Crippen LogP contribution in [-0.4, -0.2) is 14.2 Å². The molecule has 5 rings (SSSR count). The van der Waals surface area contributed by atoms with Gasteiger partial charge in [-0.15, -0.1) is 0 Å². The van der Waals surface area contributed by atoms with Crippen molar-refractivity contribution in [3.05, 3.63) is 87.7 Å². The van der Waals surface area contributed by atoms with Crippen LogP contribution in [0.4, 0.5) is 0 Å². The van der Waals surface area contributed by atoms with Crippen molar-refractivity contribution in [2.75, 3.05) is 0 Å². The van der Waals surface area contributed by atoms with Gasteiger partial charge in [0.25, 0.3) is 5.56 Å². The summed E-state index contributed by atoms with van der Waals surface area (Å²) in [4.78, 5) is 18.2. The second-order valence-electron chi connectivity index (χ2n) is 6.36. The van der Waals surface area contributed by atoms with Crippen LogP contribution in [0, 0.1) is 6.92 Å². The van der Waals surface area contributed by atoms with Crippen molar-refractivity contribution in [2.45, 2.75) is 6.92 Å². The Balaban J connectivity index is 2.11. The Morgan fingerprint density at radius 3 is 2.54 bits per heavy atom. The monoisotopic (exact) mass is 359 g/mol. The second kappa shape index (κ2) is 5.44. The summed E-state index contributed by atoms with van der Waals surface area (Å²) in [5.41, 5.74) is 3.84. The molecule has 26 heavy (non-hydrogen) atoms. The average molecular weight is 360 g/mol. The lowest BCUT2D eigenvalue weighted by atomic mass is 10.1. The Hall–Kier alpha value is -3.11. The molecule has 0 radical (unpaired) electrons. The third-order valence-corrected chi connectivity index (χ3v) is 4.95. The van der Waals surface area contributed by atoms with Gasteiger partial charge >= 0.3 is 0 Å². The summed E-state index contributed by atoms with van der Waals surface area (Å²) in [5.74, 6) is 0. The van der Waals surface area contributed by atoms with Gasteiger partial charge in [-0.2, -0.15) is 4.52 Å². The van der Waals surface area contributed by atoms with Gasteiger partial charge in [-0.1, -0.05) is 47.5 Å². The maximum atomic E-state index is 13.4. The van der Waals surface area contributed by atoms with Crippen LogP contribution < -0.4 is 5.56 Å². The summed E-state index contributed by atoms with van der Waals surface area (Å²) in [5, 5.41) is 2.02. The van der Waals surface area contributed by atoms with E-state index in [2.05, 4.69) is 0 Å². The first-order valence-electron chi connectivity index (χ1n) is 8.33. The second-order valence-corrected chi connectivity index (χ2v) is 6.76. The van der Waals surface area contributed by atoms with Crippen molar-refractivity contribution >= 4 is 39.1 Å². The molecule has 2 aromatic heterocycles. The number of halogens is 1. The minimum atomic E-state index is -0.107. The molecule has 0 spiro atoms. The first kappa shape index (κ1) is 15.2. The van der Waals surface area contributed by atoms with E-state index in [0.717, 1.165) is 22.2 Å². The first-order chi connectivity index (χ1) is 12.6. The van der Waals surface area contributed by atoms with Crippen molar-refractivity contribution in [3.8, 4) is 5.69 Å². The highest BCUT2D eigenvalue weighted by atomic mass is 35.5.